The smallest absolute Gasteiger partial charge is 0.222 e. The second-order valence-corrected chi connectivity index (χ2v) is 5.74. The molecule has 0 atom stereocenters. The van der Waals surface area contributed by atoms with Crippen molar-refractivity contribution in [1.29, 1.82) is 0 Å². The van der Waals surface area contributed by atoms with Crippen molar-refractivity contribution in [2.24, 2.45) is 0 Å². The van der Waals surface area contributed by atoms with Crippen molar-refractivity contribution in [1.82, 2.24) is 5.32 Å². The topological polar surface area (TPSA) is 53.6 Å². The number of methoxy groups -OCH3 is 1. The van der Waals surface area contributed by atoms with Crippen molar-refractivity contribution < 1.29 is 9.53 Å². The Hall–Kier alpha value is -2.69. The molecule has 0 aliphatic carbocycles. The van der Waals surface area contributed by atoms with Crippen LogP contribution < -0.4 is 20.3 Å². The molecule has 2 aromatic carbocycles. The van der Waals surface area contributed by atoms with Crippen LogP contribution in [-0.2, 0) is 11.3 Å². The van der Waals surface area contributed by atoms with Gasteiger partial charge in [-0.1, -0.05) is 12.1 Å². The van der Waals surface area contributed by atoms with Gasteiger partial charge in [-0.3, -0.25) is 4.79 Å². The van der Waals surface area contributed by atoms with Crippen molar-refractivity contribution in [2.45, 2.75) is 13.0 Å². The molecule has 5 nitrogen and oxygen atoms in total. The highest BCUT2D eigenvalue weighted by molar-refractivity contribution is 5.76. The molecule has 0 fully saturated rings. The van der Waals surface area contributed by atoms with Crippen LogP contribution >= 0.6 is 0 Å². The highest BCUT2D eigenvalue weighted by Crippen LogP contribution is 2.15. The Morgan fingerprint density at radius 1 is 1.04 bits per heavy atom. The number of benzene rings is 2. The van der Waals surface area contributed by atoms with Gasteiger partial charge < -0.3 is 20.3 Å². The van der Waals surface area contributed by atoms with Crippen LogP contribution in [0, 0.1) is 0 Å². The number of nitrogens with zero attached hydrogens (tertiary/aromatic N) is 1. The third-order valence-corrected chi connectivity index (χ3v) is 3.71. The van der Waals surface area contributed by atoms with Gasteiger partial charge in [-0.15, -0.1) is 0 Å². The zero-order valence-electron chi connectivity index (χ0n) is 14.5. The lowest BCUT2D eigenvalue weighted by Crippen LogP contribution is -2.24. The lowest BCUT2D eigenvalue weighted by molar-refractivity contribution is -0.121. The summed E-state index contributed by atoms with van der Waals surface area (Å²) >= 11 is 0. The van der Waals surface area contributed by atoms with Crippen molar-refractivity contribution in [2.75, 3.05) is 38.0 Å². The van der Waals surface area contributed by atoms with Crippen LogP contribution in [0.1, 0.15) is 12.0 Å². The average Bonchev–Trinajstić information content (AvgIpc) is 2.61. The van der Waals surface area contributed by atoms with E-state index in [1.807, 2.05) is 62.6 Å². The fourth-order valence-electron chi connectivity index (χ4n) is 2.23. The number of amides is 1. The predicted octanol–water partition coefficient (Wildman–Crippen LogP) is 2.88. The quantitative estimate of drug-likeness (QED) is 0.783. The highest BCUT2D eigenvalue weighted by atomic mass is 16.5. The molecule has 0 aliphatic rings. The fraction of sp³-hybridized carbons (Fsp3) is 0.316. The lowest BCUT2D eigenvalue weighted by Gasteiger charge is -2.13. The largest absolute Gasteiger partial charge is 0.497 e. The molecule has 0 bridgehead atoms. The van der Waals surface area contributed by atoms with Gasteiger partial charge >= 0.3 is 0 Å². The Morgan fingerprint density at radius 3 is 2.29 bits per heavy atom. The van der Waals surface area contributed by atoms with Gasteiger partial charge in [0.15, 0.2) is 0 Å². The van der Waals surface area contributed by atoms with Crippen molar-refractivity contribution in [3.05, 3.63) is 54.1 Å². The van der Waals surface area contributed by atoms with Gasteiger partial charge in [-0.05, 0) is 42.0 Å². The molecule has 5 heteroatoms. The van der Waals surface area contributed by atoms with Gasteiger partial charge in [0, 0.05) is 45.0 Å². The summed E-state index contributed by atoms with van der Waals surface area (Å²) in [6.45, 7) is 1.14. The molecule has 0 aliphatic heterocycles. The van der Waals surface area contributed by atoms with Gasteiger partial charge in [-0.25, -0.2) is 0 Å². The first-order chi connectivity index (χ1) is 11.6. The summed E-state index contributed by atoms with van der Waals surface area (Å²) in [6.07, 6.45) is 0.436. The van der Waals surface area contributed by atoms with E-state index < -0.39 is 0 Å². The van der Waals surface area contributed by atoms with E-state index in [1.54, 1.807) is 7.11 Å². The van der Waals surface area contributed by atoms with E-state index >= 15 is 0 Å². The molecule has 0 radical (unpaired) electrons. The normalized spacial score (nSPS) is 10.1. The van der Waals surface area contributed by atoms with Gasteiger partial charge in [0.25, 0.3) is 0 Å². The Kier molecular flexibility index (Phi) is 6.49. The summed E-state index contributed by atoms with van der Waals surface area (Å²) in [7, 11) is 5.66. The number of nitrogens with one attached hydrogen (secondary N) is 2. The third-order valence-electron chi connectivity index (χ3n) is 3.71. The Morgan fingerprint density at radius 2 is 1.71 bits per heavy atom. The number of carbonyl (C=O) groups is 1. The second kappa shape index (κ2) is 8.82. The van der Waals surface area contributed by atoms with Crippen LogP contribution in [0.25, 0.3) is 0 Å². The van der Waals surface area contributed by atoms with Crippen LogP contribution in [0.15, 0.2) is 48.5 Å². The van der Waals surface area contributed by atoms with E-state index in [2.05, 4.69) is 15.5 Å². The van der Waals surface area contributed by atoms with E-state index in [0.717, 1.165) is 22.7 Å². The molecule has 2 aromatic rings. The van der Waals surface area contributed by atoms with Gasteiger partial charge in [0.05, 0.1) is 7.11 Å². The zero-order chi connectivity index (χ0) is 17.4. The summed E-state index contributed by atoms with van der Waals surface area (Å²) in [5, 5.41) is 6.18. The van der Waals surface area contributed by atoms with E-state index in [-0.39, 0.29) is 5.91 Å². The first kappa shape index (κ1) is 17.7. The minimum Gasteiger partial charge on any atom is -0.497 e. The highest BCUT2D eigenvalue weighted by Gasteiger charge is 2.02. The number of carbonyl (C=O) groups excluding carboxylic acids is 1. The molecule has 128 valence electrons. The lowest BCUT2D eigenvalue weighted by atomic mass is 10.2. The van der Waals surface area contributed by atoms with Crippen molar-refractivity contribution in [3.8, 4) is 5.75 Å². The van der Waals surface area contributed by atoms with Crippen LogP contribution in [0.4, 0.5) is 11.4 Å². The molecule has 0 aromatic heterocycles. The van der Waals surface area contributed by atoms with Crippen LogP contribution in [0.2, 0.25) is 0 Å². The van der Waals surface area contributed by atoms with Gasteiger partial charge in [0.2, 0.25) is 5.91 Å². The Bertz CT molecular complexity index is 637. The summed E-state index contributed by atoms with van der Waals surface area (Å²) in [5.74, 6) is 0.845. The molecule has 24 heavy (non-hydrogen) atoms. The monoisotopic (exact) mass is 327 g/mol. The minimum absolute atomic E-state index is 0.0308. The van der Waals surface area contributed by atoms with Gasteiger partial charge in [0.1, 0.15) is 5.75 Å². The fourth-order valence-corrected chi connectivity index (χ4v) is 2.23. The molecule has 1 amide bonds. The molecule has 2 N–H and O–H groups in total. The van der Waals surface area contributed by atoms with Crippen LogP contribution in [0.3, 0.4) is 0 Å². The summed E-state index contributed by atoms with van der Waals surface area (Å²) in [4.78, 5) is 13.9. The molecular formula is C19H25N3O2. The maximum absolute atomic E-state index is 11.9. The predicted molar refractivity (Wildman–Crippen MR) is 98.7 cm³/mol. The second-order valence-electron chi connectivity index (χ2n) is 5.74. The number of hydrogen-bond acceptors (Lipinski definition) is 4. The molecule has 0 saturated carbocycles. The number of ether oxygens (including phenoxy) is 1. The maximum Gasteiger partial charge on any atom is 0.222 e. The molecule has 0 unspecified atom stereocenters. The molecule has 0 spiro atoms. The van der Waals surface area contributed by atoms with E-state index in [0.29, 0.717) is 19.5 Å². The molecule has 2 rings (SSSR count). The molecular weight excluding hydrogens is 302 g/mol. The number of anilines is 2. The van der Waals surface area contributed by atoms with Crippen LogP contribution in [0.5, 0.6) is 5.75 Å². The number of hydrogen-bond donors (Lipinski definition) is 2. The van der Waals surface area contributed by atoms with Crippen molar-refractivity contribution >= 4 is 17.3 Å². The molecule has 0 saturated heterocycles. The van der Waals surface area contributed by atoms with E-state index in [4.69, 9.17) is 4.74 Å². The zero-order valence-corrected chi connectivity index (χ0v) is 14.5. The number of rotatable bonds is 8. The third kappa shape index (κ3) is 5.50. The summed E-state index contributed by atoms with van der Waals surface area (Å²) in [6, 6.07) is 15.8. The molecule has 0 heterocycles. The Balaban J connectivity index is 1.69. The van der Waals surface area contributed by atoms with E-state index in [1.165, 1.54) is 0 Å². The summed E-state index contributed by atoms with van der Waals surface area (Å²) in [5.41, 5.74) is 3.22. The first-order valence-corrected chi connectivity index (χ1v) is 7.99. The summed E-state index contributed by atoms with van der Waals surface area (Å²) < 4.78 is 5.11. The van der Waals surface area contributed by atoms with Crippen LogP contribution in [-0.4, -0.2) is 33.7 Å². The maximum atomic E-state index is 11.9. The van der Waals surface area contributed by atoms with Crippen molar-refractivity contribution in [3.63, 3.8) is 0 Å². The standard InChI is InChI=1S/C19H25N3O2/c1-22(2)17-8-6-16(7-9-17)20-13-12-19(23)21-14-15-4-10-18(24-3)11-5-15/h4-11,20H,12-14H2,1-3H3,(H,21,23). The Labute approximate surface area is 143 Å². The van der Waals surface area contributed by atoms with Gasteiger partial charge in [-0.2, -0.15) is 0 Å². The SMILES string of the molecule is COc1ccc(CNC(=O)CCNc2ccc(N(C)C)cc2)cc1. The average molecular weight is 327 g/mol. The van der Waals surface area contributed by atoms with E-state index in [9.17, 15) is 4.79 Å². The first-order valence-electron chi connectivity index (χ1n) is 7.99. The minimum atomic E-state index is 0.0308.